The summed E-state index contributed by atoms with van der Waals surface area (Å²) in [6.07, 6.45) is 0.0168. The molecule has 13 heteroatoms. The van der Waals surface area contributed by atoms with Gasteiger partial charge in [0.25, 0.3) is 6.47 Å². The number of carbonyl (C=O) groups excluding carboxylic acids is 8. The van der Waals surface area contributed by atoms with Gasteiger partial charge < -0.3 is 23.7 Å². The second-order valence-electron chi connectivity index (χ2n) is 5.03. The summed E-state index contributed by atoms with van der Waals surface area (Å²) in [5, 5.41) is 0. The summed E-state index contributed by atoms with van der Waals surface area (Å²) >= 11 is 0. The van der Waals surface area contributed by atoms with Crippen molar-refractivity contribution in [3.63, 3.8) is 0 Å². The van der Waals surface area contributed by atoms with Crippen LogP contribution in [-0.2, 0) is 62.0 Å². The van der Waals surface area contributed by atoms with Gasteiger partial charge in [-0.1, -0.05) is 59.4 Å². The van der Waals surface area contributed by atoms with E-state index in [4.69, 9.17) is 0 Å². The number of esters is 3. The van der Waals surface area contributed by atoms with E-state index < -0.39 is 11.9 Å². The highest BCUT2D eigenvalue weighted by atomic mass is 16.6. The zero-order valence-electron chi connectivity index (χ0n) is 18.3. The summed E-state index contributed by atoms with van der Waals surface area (Å²) in [6, 6.07) is 0. The fourth-order valence-corrected chi connectivity index (χ4v) is 0.738. The van der Waals surface area contributed by atoms with E-state index in [0.717, 1.165) is 0 Å². The lowest BCUT2D eigenvalue weighted by Gasteiger charge is -1.93. The molecule has 0 aromatic rings. The summed E-state index contributed by atoms with van der Waals surface area (Å²) in [5.41, 5.74) is 0. The molecule has 39 heavy (non-hydrogen) atoms. The van der Waals surface area contributed by atoms with Gasteiger partial charge >= 0.3 is 17.9 Å². The van der Waals surface area contributed by atoms with Crippen LogP contribution in [0.1, 0.15) is 87.1 Å². The number of Topliss-reactive ketones (excluding diaryl/α,β-unsaturated/α-hetero) is 3. The van der Waals surface area contributed by atoms with Gasteiger partial charge in [0.05, 0.1) is 7.11 Å². The minimum absolute atomic E-state index is 0. The molecular weight excluding hydrogens is 520 g/mol. The molecular formula is C26H60O13. The first-order chi connectivity index (χ1) is 14.4. The standard InChI is InChI=1S/C5H6O4.C5H8O3.C4H8O3.C4H6O3.8CH4/c1-4(7)3-9-5(8)2-6;1-4(6)3-8-5(2)7;1-6-3-4(5)7-2;1-4(6)2-7-3-5;;;;;;;;/h2H,3H2,1H3;3H2,1-2H3;3H2,1-2H3;3H,2H2,1H3;8*1H4. The van der Waals surface area contributed by atoms with Crippen molar-refractivity contribution in [2.24, 2.45) is 0 Å². The smallest absolute Gasteiger partial charge is 0.371 e. The van der Waals surface area contributed by atoms with Crippen molar-refractivity contribution in [3.05, 3.63) is 0 Å². The van der Waals surface area contributed by atoms with Gasteiger partial charge in [0, 0.05) is 14.0 Å². The van der Waals surface area contributed by atoms with E-state index in [1.807, 2.05) is 0 Å². The predicted molar refractivity (Wildman–Crippen MR) is 155 cm³/mol. The molecule has 242 valence electrons. The number of hydrogen-bond donors (Lipinski definition) is 0. The van der Waals surface area contributed by atoms with Crippen LogP contribution < -0.4 is 0 Å². The Kier molecular flexibility index (Phi) is 117. The van der Waals surface area contributed by atoms with Gasteiger partial charge in [-0.2, -0.15) is 0 Å². The highest BCUT2D eigenvalue weighted by Gasteiger charge is 1.99. The normalized spacial score (nSPS) is 6.41. The minimum Gasteiger partial charge on any atom is -0.467 e. The van der Waals surface area contributed by atoms with Crippen LogP contribution in [0.15, 0.2) is 0 Å². The molecule has 0 radical (unpaired) electrons. The Labute approximate surface area is 238 Å². The van der Waals surface area contributed by atoms with E-state index in [9.17, 15) is 38.4 Å². The maximum atomic E-state index is 10.1. The summed E-state index contributed by atoms with van der Waals surface area (Å²) in [5.74, 6) is -2.34. The quantitative estimate of drug-likeness (QED) is 0.156. The van der Waals surface area contributed by atoms with Crippen molar-refractivity contribution in [1.29, 1.82) is 0 Å². The van der Waals surface area contributed by atoms with Gasteiger partial charge in [0.2, 0.25) is 6.29 Å². The first-order valence-corrected chi connectivity index (χ1v) is 8.22. The molecule has 0 amide bonds. The monoisotopic (exact) mass is 580 g/mol. The van der Waals surface area contributed by atoms with Crippen LogP contribution in [0.3, 0.4) is 0 Å². The van der Waals surface area contributed by atoms with Crippen molar-refractivity contribution in [2.75, 3.05) is 40.6 Å². The zero-order valence-corrected chi connectivity index (χ0v) is 18.3. The number of aldehydes is 1. The van der Waals surface area contributed by atoms with E-state index >= 15 is 0 Å². The highest BCUT2D eigenvalue weighted by Crippen LogP contribution is 1.76. The first kappa shape index (κ1) is 76.5. The van der Waals surface area contributed by atoms with Crippen LogP contribution in [0.4, 0.5) is 0 Å². The van der Waals surface area contributed by atoms with Crippen LogP contribution >= 0.6 is 0 Å². The van der Waals surface area contributed by atoms with Crippen LogP contribution in [-0.4, -0.2) is 88.7 Å². The second kappa shape index (κ2) is 59.6. The molecule has 0 saturated heterocycles. The lowest BCUT2D eigenvalue weighted by Crippen LogP contribution is -2.11. The van der Waals surface area contributed by atoms with Crippen molar-refractivity contribution in [3.8, 4) is 0 Å². The Balaban J connectivity index is -0.0000000234. The number of methoxy groups -OCH3 is 2. The number of hydrogen-bond acceptors (Lipinski definition) is 13. The molecule has 0 aliphatic rings. The maximum Gasteiger partial charge on any atom is 0.371 e. The number of ether oxygens (including phenoxy) is 5. The molecule has 0 aromatic carbocycles. The van der Waals surface area contributed by atoms with Crippen LogP contribution in [0, 0.1) is 0 Å². The summed E-state index contributed by atoms with van der Waals surface area (Å²) in [6.45, 7) is 5.00. The molecule has 0 spiro atoms. The third kappa shape index (κ3) is 119. The van der Waals surface area contributed by atoms with Gasteiger partial charge in [-0.05, 0) is 20.8 Å². The van der Waals surface area contributed by atoms with E-state index in [1.165, 1.54) is 41.9 Å². The Morgan fingerprint density at radius 1 is 0.564 bits per heavy atom. The Hall–Kier alpha value is -3.48. The van der Waals surface area contributed by atoms with E-state index in [1.54, 1.807) is 0 Å². The topological polar surface area (TPSA) is 183 Å². The van der Waals surface area contributed by atoms with Crippen molar-refractivity contribution >= 4 is 48.0 Å². The molecule has 0 saturated carbocycles. The van der Waals surface area contributed by atoms with Gasteiger partial charge in [0.15, 0.2) is 17.3 Å². The second-order valence-corrected chi connectivity index (χ2v) is 5.03. The zero-order chi connectivity index (χ0) is 25.2. The molecule has 0 aromatic heterocycles. The van der Waals surface area contributed by atoms with Gasteiger partial charge in [-0.25, -0.2) is 9.59 Å². The lowest BCUT2D eigenvalue weighted by atomic mass is 10.5. The lowest BCUT2D eigenvalue weighted by molar-refractivity contribution is -0.151. The average Bonchev–Trinajstić information content (AvgIpc) is 2.70. The largest absolute Gasteiger partial charge is 0.467 e. The van der Waals surface area contributed by atoms with Crippen LogP contribution in [0.5, 0.6) is 0 Å². The molecule has 0 atom stereocenters. The van der Waals surface area contributed by atoms with E-state index in [2.05, 4.69) is 23.7 Å². The molecule has 0 rings (SSSR count). The van der Waals surface area contributed by atoms with E-state index in [0.29, 0.717) is 0 Å². The average molecular weight is 581 g/mol. The fraction of sp³-hybridized carbons (Fsp3) is 0.692. The Bertz CT molecular complexity index is 572. The molecule has 0 bridgehead atoms. The molecule has 0 unspecified atom stereocenters. The molecule has 0 N–H and O–H groups in total. The molecule has 0 fully saturated rings. The minimum atomic E-state index is -1.01. The molecule has 0 aliphatic carbocycles. The van der Waals surface area contributed by atoms with Crippen molar-refractivity contribution < 1.29 is 62.0 Å². The van der Waals surface area contributed by atoms with Crippen LogP contribution in [0.25, 0.3) is 0 Å². The summed E-state index contributed by atoms with van der Waals surface area (Å²) < 4.78 is 21.1. The maximum absolute atomic E-state index is 10.1. The molecule has 0 aliphatic heterocycles. The number of carbonyl (C=O) groups is 8. The molecule has 0 heterocycles. The van der Waals surface area contributed by atoms with Crippen LogP contribution in [0.2, 0.25) is 0 Å². The number of rotatable bonds is 10. The van der Waals surface area contributed by atoms with Gasteiger partial charge in [0.1, 0.15) is 26.4 Å². The highest BCUT2D eigenvalue weighted by molar-refractivity contribution is 6.20. The van der Waals surface area contributed by atoms with Crippen molar-refractivity contribution in [1.82, 2.24) is 0 Å². The predicted octanol–water partition coefficient (Wildman–Crippen LogP) is 4.10. The Morgan fingerprint density at radius 2 is 0.923 bits per heavy atom. The molecule has 13 nitrogen and oxygen atoms in total. The number of ketones is 3. The Morgan fingerprint density at radius 3 is 1.08 bits per heavy atom. The summed E-state index contributed by atoms with van der Waals surface area (Å²) in [7, 11) is 2.76. The SMILES string of the molecule is C.C.C.C.C.C.C.C.CC(=O)COC(=O)C=O.CC(=O)COC(C)=O.CC(=O)COC=O.COCC(=O)OC. The fourth-order valence-electron chi connectivity index (χ4n) is 0.738. The van der Waals surface area contributed by atoms with Gasteiger partial charge in [-0.3, -0.25) is 28.8 Å². The van der Waals surface area contributed by atoms with Crippen molar-refractivity contribution in [2.45, 2.75) is 87.1 Å². The van der Waals surface area contributed by atoms with E-state index in [-0.39, 0.29) is 122 Å². The third-order valence-corrected chi connectivity index (χ3v) is 1.84. The summed E-state index contributed by atoms with van der Waals surface area (Å²) in [4.78, 5) is 78.9. The third-order valence-electron chi connectivity index (χ3n) is 1.84. The van der Waals surface area contributed by atoms with Gasteiger partial charge in [-0.15, -0.1) is 0 Å². The first-order valence-electron chi connectivity index (χ1n) is 8.22.